The first-order valence-electron chi connectivity index (χ1n) is 3.20. The van der Waals surface area contributed by atoms with E-state index < -0.39 is 18.0 Å². The van der Waals surface area contributed by atoms with Crippen LogP contribution in [0.5, 0.6) is 0 Å². The van der Waals surface area contributed by atoms with Gasteiger partial charge in [0.25, 0.3) is 0 Å². The number of thiocarbonyl (C=S) groups is 1. The smallest absolute Gasteiger partial charge is 0.179 e. The first kappa shape index (κ1) is 9.79. The van der Waals surface area contributed by atoms with E-state index >= 15 is 0 Å². The van der Waals surface area contributed by atoms with Crippen LogP contribution < -0.4 is 0 Å². The maximum atomic E-state index is 9.18. The highest BCUT2D eigenvalue weighted by molar-refractivity contribution is 8.24. The Morgan fingerprint density at radius 2 is 2.08 bits per heavy atom. The molecule has 2 unspecified atom stereocenters. The van der Waals surface area contributed by atoms with Crippen molar-refractivity contribution in [3.05, 3.63) is 11.5 Å². The number of rotatable bonds is 2. The predicted molar refractivity (Wildman–Crippen MR) is 49.4 cm³/mol. The summed E-state index contributed by atoms with van der Waals surface area (Å²) in [5, 5.41) is 35.2. The second kappa shape index (κ2) is 3.61. The summed E-state index contributed by atoms with van der Waals surface area (Å²) >= 11 is 5.63. The van der Waals surface area contributed by atoms with Crippen molar-refractivity contribution in [2.75, 3.05) is 6.61 Å². The number of aliphatic hydroxyl groups is 4. The van der Waals surface area contributed by atoms with Gasteiger partial charge in [0, 0.05) is 0 Å². The maximum absolute atomic E-state index is 9.18. The Kier molecular flexibility index (Phi) is 2.94. The van der Waals surface area contributed by atoms with Crippen LogP contribution in [-0.2, 0) is 0 Å². The standard InChI is InChI=1S/C6H8O4S2/c7-1-2(8)5-3(9)4(10)6(11)12-5/h2,5,7-10H,1H2. The van der Waals surface area contributed by atoms with Crippen LogP contribution in [0.15, 0.2) is 11.5 Å². The lowest BCUT2D eigenvalue weighted by molar-refractivity contribution is 0.0902. The Balaban J connectivity index is 2.80. The molecule has 6 heteroatoms. The predicted octanol–water partition coefficient (Wildman–Crippen LogP) is 0.110. The fraction of sp³-hybridized carbons (Fsp3) is 0.500. The molecule has 1 rings (SSSR count). The molecule has 0 amide bonds. The zero-order valence-electron chi connectivity index (χ0n) is 5.97. The second-order valence-electron chi connectivity index (χ2n) is 2.31. The van der Waals surface area contributed by atoms with E-state index in [1.807, 2.05) is 0 Å². The third kappa shape index (κ3) is 1.56. The SMILES string of the molecule is OCC(O)C1SC(=S)C(O)=C1O. The summed E-state index contributed by atoms with van der Waals surface area (Å²) in [4.78, 5) is 0. The van der Waals surface area contributed by atoms with Gasteiger partial charge in [-0.2, -0.15) is 0 Å². The lowest BCUT2D eigenvalue weighted by Gasteiger charge is -2.13. The molecule has 1 aliphatic heterocycles. The van der Waals surface area contributed by atoms with Crippen molar-refractivity contribution >= 4 is 28.2 Å². The van der Waals surface area contributed by atoms with Crippen LogP contribution in [0.4, 0.5) is 0 Å². The summed E-state index contributed by atoms with van der Waals surface area (Å²) in [5.74, 6) is -0.723. The zero-order chi connectivity index (χ0) is 9.30. The Morgan fingerprint density at radius 3 is 2.42 bits per heavy atom. The molecule has 0 aromatic rings. The Morgan fingerprint density at radius 1 is 1.50 bits per heavy atom. The highest BCUT2D eigenvalue weighted by Gasteiger charge is 2.35. The average Bonchev–Trinajstić information content (AvgIpc) is 2.32. The van der Waals surface area contributed by atoms with E-state index in [-0.39, 0.29) is 15.7 Å². The molecular weight excluding hydrogens is 200 g/mol. The number of aliphatic hydroxyl groups excluding tert-OH is 4. The van der Waals surface area contributed by atoms with Gasteiger partial charge in [0.1, 0.15) is 4.20 Å². The van der Waals surface area contributed by atoms with Gasteiger partial charge in [-0.25, -0.2) is 0 Å². The second-order valence-corrected chi connectivity index (χ2v) is 4.13. The molecule has 12 heavy (non-hydrogen) atoms. The minimum absolute atomic E-state index is 0.144. The van der Waals surface area contributed by atoms with Gasteiger partial charge >= 0.3 is 0 Å². The Hall–Kier alpha value is -0.300. The molecule has 0 radical (unpaired) electrons. The molecule has 0 saturated heterocycles. The van der Waals surface area contributed by atoms with Gasteiger partial charge in [0.2, 0.25) is 0 Å². The molecule has 0 fully saturated rings. The molecule has 0 aromatic heterocycles. The maximum Gasteiger partial charge on any atom is 0.179 e. The summed E-state index contributed by atoms with van der Waals surface area (Å²) < 4.78 is 0.144. The minimum atomic E-state index is -1.10. The molecule has 68 valence electrons. The topological polar surface area (TPSA) is 80.9 Å². The van der Waals surface area contributed by atoms with Crippen molar-refractivity contribution in [3.63, 3.8) is 0 Å². The highest BCUT2D eigenvalue weighted by atomic mass is 32.2. The summed E-state index contributed by atoms with van der Waals surface area (Å²) in [6.07, 6.45) is -1.10. The van der Waals surface area contributed by atoms with Crippen LogP contribution in [0.1, 0.15) is 0 Å². The van der Waals surface area contributed by atoms with Crippen LogP contribution >= 0.6 is 24.0 Å². The van der Waals surface area contributed by atoms with E-state index in [0.29, 0.717) is 0 Å². The molecule has 0 bridgehead atoms. The first-order chi connectivity index (χ1) is 5.57. The Bertz CT molecular complexity index is 238. The van der Waals surface area contributed by atoms with Crippen LogP contribution in [0.25, 0.3) is 0 Å². The van der Waals surface area contributed by atoms with Crippen LogP contribution in [0.3, 0.4) is 0 Å². The molecule has 0 spiro atoms. The summed E-state index contributed by atoms with van der Waals surface area (Å²) in [6, 6.07) is 0. The molecule has 1 aliphatic rings. The van der Waals surface area contributed by atoms with Crippen molar-refractivity contribution in [1.29, 1.82) is 0 Å². The molecule has 0 aliphatic carbocycles. The molecule has 0 saturated carbocycles. The van der Waals surface area contributed by atoms with Gasteiger partial charge in [-0.05, 0) is 0 Å². The summed E-state index contributed by atoms with van der Waals surface area (Å²) in [7, 11) is 0. The molecule has 4 nitrogen and oxygen atoms in total. The van der Waals surface area contributed by atoms with Crippen molar-refractivity contribution < 1.29 is 20.4 Å². The van der Waals surface area contributed by atoms with Crippen LogP contribution in [0.2, 0.25) is 0 Å². The third-order valence-electron chi connectivity index (χ3n) is 1.48. The van der Waals surface area contributed by atoms with E-state index in [1.54, 1.807) is 0 Å². The third-order valence-corrected chi connectivity index (χ3v) is 3.16. The summed E-state index contributed by atoms with van der Waals surface area (Å²) in [5.41, 5.74) is 0. The fourth-order valence-corrected chi connectivity index (χ4v) is 2.15. The van der Waals surface area contributed by atoms with Gasteiger partial charge in [-0.3, -0.25) is 0 Å². The lowest BCUT2D eigenvalue weighted by atomic mass is 10.2. The van der Waals surface area contributed by atoms with Gasteiger partial charge < -0.3 is 20.4 Å². The highest BCUT2D eigenvalue weighted by Crippen LogP contribution is 2.34. The zero-order valence-corrected chi connectivity index (χ0v) is 7.60. The normalized spacial score (nSPS) is 26.5. The van der Waals surface area contributed by atoms with Crippen molar-refractivity contribution in [2.24, 2.45) is 0 Å². The van der Waals surface area contributed by atoms with Crippen LogP contribution in [0, 0.1) is 0 Å². The molecule has 2 atom stereocenters. The summed E-state index contributed by atoms with van der Waals surface area (Å²) in [6.45, 7) is -0.475. The van der Waals surface area contributed by atoms with Gasteiger partial charge in [0.15, 0.2) is 11.5 Å². The van der Waals surface area contributed by atoms with Gasteiger partial charge in [-0.1, -0.05) is 24.0 Å². The molecular formula is C6H8O4S2. The Labute approximate surface area is 78.5 Å². The van der Waals surface area contributed by atoms with Crippen molar-refractivity contribution in [1.82, 2.24) is 0 Å². The minimum Gasteiger partial charge on any atom is -0.507 e. The number of thioether (sulfide) groups is 1. The van der Waals surface area contributed by atoms with E-state index in [2.05, 4.69) is 12.2 Å². The van der Waals surface area contributed by atoms with Gasteiger partial charge in [0.05, 0.1) is 18.0 Å². The monoisotopic (exact) mass is 208 g/mol. The van der Waals surface area contributed by atoms with E-state index in [1.165, 1.54) is 0 Å². The van der Waals surface area contributed by atoms with Crippen molar-refractivity contribution in [2.45, 2.75) is 11.4 Å². The molecule has 0 aromatic carbocycles. The number of hydrogen-bond acceptors (Lipinski definition) is 6. The number of hydrogen-bond donors (Lipinski definition) is 4. The first-order valence-corrected chi connectivity index (χ1v) is 4.48. The lowest BCUT2D eigenvalue weighted by Crippen LogP contribution is -2.26. The molecule has 1 heterocycles. The molecule has 4 N–H and O–H groups in total. The van der Waals surface area contributed by atoms with E-state index in [4.69, 9.17) is 15.3 Å². The van der Waals surface area contributed by atoms with Gasteiger partial charge in [-0.15, -0.1) is 0 Å². The average molecular weight is 208 g/mol. The quantitative estimate of drug-likeness (QED) is 0.482. The van der Waals surface area contributed by atoms with E-state index in [9.17, 15) is 5.11 Å². The van der Waals surface area contributed by atoms with E-state index in [0.717, 1.165) is 11.8 Å². The van der Waals surface area contributed by atoms with Crippen molar-refractivity contribution in [3.8, 4) is 0 Å². The largest absolute Gasteiger partial charge is 0.507 e. The fourth-order valence-electron chi connectivity index (χ4n) is 0.823. The van der Waals surface area contributed by atoms with Crippen LogP contribution in [-0.4, -0.2) is 42.6 Å².